The Morgan fingerprint density at radius 1 is 0.469 bits per heavy atom. The number of rotatable bonds is 2. The summed E-state index contributed by atoms with van der Waals surface area (Å²) in [7, 11) is 0. The Morgan fingerprint density at radius 2 is 1.04 bits per heavy atom. The van der Waals surface area contributed by atoms with Crippen molar-refractivity contribution in [1.82, 2.24) is 0 Å². The number of hydrogen-bond acceptors (Lipinski definition) is 3. The van der Waals surface area contributed by atoms with E-state index in [0.29, 0.717) is 0 Å². The van der Waals surface area contributed by atoms with Crippen molar-refractivity contribution in [3.8, 4) is 11.1 Å². The topological polar surface area (TPSA) is 19.6 Å². The van der Waals surface area contributed by atoms with Gasteiger partial charge in [-0.2, -0.15) is 0 Å². The van der Waals surface area contributed by atoms with E-state index in [2.05, 4.69) is 163 Å². The Kier molecular flexibility index (Phi) is 5.26. The Hall–Kier alpha value is -6.00. The van der Waals surface area contributed by atoms with Crippen molar-refractivity contribution in [3.63, 3.8) is 0 Å². The van der Waals surface area contributed by atoms with Crippen LogP contribution in [0.2, 0.25) is 0 Å². The first-order valence-corrected chi connectivity index (χ1v) is 17.1. The van der Waals surface area contributed by atoms with Crippen molar-refractivity contribution in [2.24, 2.45) is 0 Å². The number of fused-ring (bicyclic) bond motifs is 10. The minimum Gasteiger partial charge on any atom is -0.456 e. The molecule has 1 aliphatic carbocycles. The van der Waals surface area contributed by atoms with Crippen molar-refractivity contribution >= 4 is 79.2 Å². The lowest BCUT2D eigenvalue weighted by Gasteiger charge is -2.44. The maximum atomic E-state index is 6.40. The molecule has 8 aromatic rings. The van der Waals surface area contributed by atoms with E-state index >= 15 is 0 Å². The van der Waals surface area contributed by atoms with Crippen LogP contribution >= 0.6 is 0 Å². The minimum absolute atomic E-state index is 0.0824. The lowest BCUT2D eigenvalue weighted by Crippen LogP contribution is -2.61. The third-order valence-electron chi connectivity index (χ3n) is 11.3. The Balaban J connectivity index is 1.15. The van der Waals surface area contributed by atoms with E-state index in [-0.39, 0.29) is 12.1 Å². The predicted molar refractivity (Wildman–Crippen MR) is 205 cm³/mol. The monoisotopic (exact) mass is 626 g/mol. The molecule has 3 heterocycles. The molecule has 0 radical (unpaired) electrons. The fourth-order valence-electron chi connectivity index (χ4n) is 9.08. The van der Waals surface area contributed by atoms with E-state index in [1.54, 1.807) is 0 Å². The zero-order valence-corrected chi connectivity index (χ0v) is 27.3. The third kappa shape index (κ3) is 3.53. The van der Waals surface area contributed by atoms with E-state index in [4.69, 9.17) is 4.42 Å². The van der Waals surface area contributed by atoms with Crippen molar-refractivity contribution in [1.29, 1.82) is 0 Å². The first-order valence-electron chi connectivity index (χ1n) is 17.1. The van der Waals surface area contributed by atoms with Gasteiger partial charge in [0, 0.05) is 56.4 Å². The predicted octanol–water partition coefficient (Wildman–Crippen LogP) is 9.97. The van der Waals surface area contributed by atoms with Crippen molar-refractivity contribution in [2.45, 2.75) is 19.3 Å². The fraction of sp³-hybridized carbons (Fsp3) is 0.0667. The van der Waals surface area contributed by atoms with Gasteiger partial charge in [0.25, 0.3) is 6.71 Å². The van der Waals surface area contributed by atoms with Crippen LogP contribution in [0.5, 0.6) is 0 Å². The largest absolute Gasteiger partial charge is 0.456 e. The fourth-order valence-corrected chi connectivity index (χ4v) is 9.08. The number of hydrogen-bond donors (Lipinski definition) is 0. The number of benzene rings is 7. The quantitative estimate of drug-likeness (QED) is 0.178. The highest BCUT2D eigenvalue weighted by atomic mass is 16.3. The molecule has 4 heteroatoms. The lowest BCUT2D eigenvalue weighted by molar-refractivity contribution is 0.660. The third-order valence-corrected chi connectivity index (χ3v) is 11.3. The molecular weight excluding hydrogens is 595 g/mol. The van der Waals surface area contributed by atoms with E-state index in [1.807, 2.05) is 12.1 Å². The maximum Gasteiger partial charge on any atom is 0.252 e. The SMILES string of the molecule is CC1(C)c2ccccc2-c2ccc(N3c4ccccc4B4c5ccccc5N(c5ccc6c(c5)oc5ccccc56)c5cccc3c54)cc21. The molecule has 2 aliphatic heterocycles. The Morgan fingerprint density at radius 3 is 1.82 bits per heavy atom. The summed E-state index contributed by atoms with van der Waals surface area (Å²) < 4.78 is 6.40. The number of anilines is 6. The summed E-state index contributed by atoms with van der Waals surface area (Å²) in [4.78, 5) is 4.93. The Bertz CT molecular complexity index is 2690. The van der Waals surface area contributed by atoms with Crippen molar-refractivity contribution < 1.29 is 4.42 Å². The van der Waals surface area contributed by atoms with Crippen LogP contribution in [0.15, 0.2) is 156 Å². The van der Waals surface area contributed by atoms with Gasteiger partial charge in [0.15, 0.2) is 0 Å². The van der Waals surface area contributed by atoms with Gasteiger partial charge in [0.1, 0.15) is 11.2 Å². The van der Waals surface area contributed by atoms with Gasteiger partial charge in [0.05, 0.1) is 0 Å². The van der Waals surface area contributed by atoms with Crippen LogP contribution in [0.1, 0.15) is 25.0 Å². The first-order chi connectivity index (χ1) is 24.1. The van der Waals surface area contributed by atoms with Gasteiger partial charge in [0.2, 0.25) is 0 Å². The molecule has 230 valence electrons. The van der Waals surface area contributed by atoms with Crippen LogP contribution in [-0.4, -0.2) is 6.71 Å². The highest BCUT2D eigenvalue weighted by Crippen LogP contribution is 2.51. The van der Waals surface area contributed by atoms with Gasteiger partial charge in [-0.05, 0) is 93.2 Å². The summed E-state index contributed by atoms with van der Waals surface area (Å²) in [6, 6.07) is 55.7. The van der Waals surface area contributed by atoms with Crippen LogP contribution in [0, 0.1) is 0 Å². The van der Waals surface area contributed by atoms with Crippen LogP contribution in [-0.2, 0) is 5.41 Å². The molecule has 0 atom stereocenters. The number of furan rings is 1. The second kappa shape index (κ2) is 9.55. The van der Waals surface area contributed by atoms with E-state index < -0.39 is 0 Å². The van der Waals surface area contributed by atoms with Gasteiger partial charge >= 0.3 is 0 Å². The van der Waals surface area contributed by atoms with Gasteiger partial charge < -0.3 is 14.2 Å². The number of para-hydroxylation sites is 3. The highest BCUT2D eigenvalue weighted by molar-refractivity contribution is 7.00. The molecule has 0 saturated carbocycles. The molecule has 3 aliphatic rings. The van der Waals surface area contributed by atoms with Crippen LogP contribution in [0.3, 0.4) is 0 Å². The van der Waals surface area contributed by atoms with Crippen LogP contribution in [0.4, 0.5) is 34.1 Å². The van der Waals surface area contributed by atoms with Gasteiger partial charge in [-0.15, -0.1) is 0 Å². The van der Waals surface area contributed by atoms with E-state index in [0.717, 1.165) is 27.6 Å². The summed E-state index contributed by atoms with van der Waals surface area (Å²) in [5.74, 6) is 0. The average Bonchev–Trinajstić information content (AvgIpc) is 3.62. The van der Waals surface area contributed by atoms with Gasteiger partial charge in [-0.3, -0.25) is 0 Å². The molecule has 1 aromatic heterocycles. The molecule has 0 N–H and O–H groups in total. The molecule has 0 bridgehead atoms. The number of nitrogens with zero attached hydrogens (tertiary/aromatic N) is 2. The van der Waals surface area contributed by atoms with Gasteiger partial charge in [-0.25, -0.2) is 0 Å². The summed E-state index contributed by atoms with van der Waals surface area (Å²) in [5.41, 5.74) is 18.3. The lowest BCUT2D eigenvalue weighted by atomic mass is 9.33. The van der Waals surface area contributed by atoms with E-state index in [1.165, 1.54) is 67.1 Å². The van der Waals surface area contributed by atoms with Crippen molar-refractivity contribution in [3.05, 3.63) is 163 Å². The average molecular weight is 627 g/mol. The second-order valence-corrected chi connectivity index (χ2v) is 14.1. The highest BCUT2D eigenvalue weighted by Gasteiger charge is 2.43. The molecule has 0 fully saturated rings. The minimum atomic E-state index is -0.0824. The normalized spacial score (nSPS) is 14.8. The summed E-state index contributed by atoms with van der Waals surface area (Å²) in [6.07, 6.45) is 0. The maximum absolute atomic E-state index is 6.40. The molecule has 0 amide bonds. The zero-order valence-electron chi connectivity index (χ0n) is 27.3. The smallest absolute Gasteiger partial charge is 0.252 e. The van der Waals surface area contributed by atoms with Crippen LogP contribution < -0.4 is 26.2 Å². The van der Waals surface area contributed by atoms with Crippen molar-refractivity contribution in [2.75, 3.05) is 9.80 Å². The molecule has 0 spiro atoms. The zero-order chi connectivity index (χ0) is 32.4. The summed E-state index contributed by atoms with van der Waals surface area (Å²) in [5, 5.41) is 2.28. The van der Waals surface area contributed by atoms with E-state index in [9.17, 15) is 0 Å². The molecule has 49 heavy (non-hydrogen) atoms. The molecular formula is C45H31BN2O. The molecule has 7 aromatic carbocycles. The molecule has 0 unspecified atom stereocenters. The van der Waals surface area contributed by atoms with Crippen LogP contribution in [0.25, 0.3) is 33.1 Å². The molecule has 0 saturated heterocycles. The Labute approximate surface area is 285 Å². The first kappa shape index (κ1) is 27.0. The van der Waals surface area contributed by atoms with Gasteiger partial charge in [-0.1, -0.05) is 105 Å². The molecule has 11 rings (SSSR count). The summed E-state index contributed by atoms with van der Waals surface area (Å²) >= 11 is 0. The molecule has 3 nitrogen and oxygen atoms in total. The summed E-state index contributed by atoms with van der Waals surface area (Å²) in [6.45, 7) is 4.83. The standard InChI is InChI=1S/C45H31BN2O/c1-45(2)34-14-5-3-12-30(34)31-24-22-28(26-35(31)45)47-38-17-8-6-15-36(38)46-37-16-7-9-18-39(37)48(41-20-11-19-40(47)44(41)46)29-23-25-33-32-13-4-10-21-42(32)49-43(33)27-29/h3-27H,1-2H3. The second-order valence-electron chi connectivity index (χ2n) is 14.1.